The van der Waals surface area contributed by atoms with Crippen LogP contribution in [0.15, 0.2) is 45.5 Å². The number of nitrogens with zero attached hydrogens (tertiary/aromatic N) is 1. The number of ether oxygens (including phenoxy) is 1. The monoisotopic (exact) mass is 326 g/mol. The van der Waals surface area contributed by atoms with E-state index in [1.165, 1.54) is 0 Å². The molecule has 6 heteroatoms. The number of hydrogen-bond acceptors (Lipinski definition) is 5. The molecule has 19 heavy (non-hydrogen) atoms. The Bertz CT molecular complexity index is 490. The quantitative estimate of drug-likeness (QED) is 0.814. The van der Waals surface area contributed by atoms with Gasteiger partial charge in [0, 0.05) is 17.1 Å². The maximum absolute atomic E-state index is 9.76. The first-order valence-corrected chi connectivity index (χ1v) is 6.70. The first kappa shape index (κ1) is 14.0. The van der Waals surface area contributed by atoms with Crippen LogP contribution in [0.3, 0.4) is 0 Å². The zero-order valence-electron chi connectivity index (χ0n) is 10.3. The average Bonchev–Trinajstić information content (AvgIpc) is 2.90. The zero-order valence-corrected chi connectivity index (χ0v) is 11.8. The van der Waals surface area contributed by atoms with Crippen LogP contribution in [-0.2, 0) is 6.54 Å². The van der Waals surface area contributed by atoms with E-state index in [0.717, 1.165) is 16.0 Å². The molecule has 0 aliphatic heterocycles. The summed E-state index contributed by atoms with van der Waals surface area (Å²) >= 11 is 3.36. The van der Waals surface area contributed by atoms with E-state index in [0.29, 0.717) is 13.1 Å². The van der Waals surface area contributed by atoms with Crippen molar-refractivity contribution >= 4 is 15.9 Å². The molecule has 2 rings (SSSR count). The highest BCUT2D eigenvalue weighted by Gasteiger charge is 2.06. The lowest BCUT2D eigenvalue weighted by Crippen LogP contribution is -2.31. The van der Waals surface area contributed by atoms with Gasteiger partial charge >= 0.3 is 0 Å². The van der Waals surface area contributed by atoms with Gasteiger partial charge in [-0.2, -0.15) is 0 Å². The van der Waals surface area contributed by atoms with Gasteiger partial charge in [-0.05, 0) is 18.2 Å². The molecule has 0 aliphatic carbocycles. The van der Waals surface area contributed by atoms with Gasteiger partial charge in [0.1, 0.15) is 24.2 Å². The van der Waals surface area contributed by atoms with Crippen molar-refractivity contribution in [3.8, 4) is 5.75 Å². The van der Waals surface area contributed by atoms with E-state index in [1.54, 1.807) is 12.3 Å². The minimum atomic E-state index is -0.582. The van der Waals surface area contributed by atoms with Gasteiger partial charge in [-0.25, -0.2) is 0 Å². The number of aliphatic hydroxyl groups is 1. The predicted octanol–water partition coefficient (Wildman–Crippen LogP) is 1.97. The van der Waals surface area contributed by atoms with Crippen LogP contribution in [0.5, 0.6) is 5.75 Å². The summed E-state index contributed by atoms with van der Waals surface area (Å²) in [5.41, 5.74) is 0. The Morgan fingerprint density at radius 1 is 1.42 bits per heavy atom. The van der Waals surface area contributed by atoms with E-state index >= 15 is 0 Å². The Balaban J connectivity index is 1.65. The Labute approximate surface area is 119 Å². The van der Waals surface area contributed by atoms with Crippen LogP contribution in [0.2, 0.25) is 0 Å². The molecule has 5 nitrogen and oxygen atoms in total. The van der Waals surface area contributed by atoms with Gasteiger partial charge in [0.15, 0.2) is 0 Å². The standard InChI is InChI=1S/C13H15BrN2O3/c14-10-2-1-3-12(6-10)18-9-11(17)7-15-8-13-4-5-16-19-13/h1-6,11,15,17H,7-9H2. The summed E-state index contributed by atoms with van der Waals surface area (Å²) in [4.78, 5) is 0. The summed E-state index contributed by atoms with van der Waals surface area (Å²) in [6.07, 6.45) is 1.01. The lowest BCUT2D eigenvalue weighted by Gasteiger charge is -2.12. The van der Waals surface area contributed by atoms with Gasteiger partial charge in [0.25, 0.3) is 0 Å². The van der Waals surface area contributed by atoms with Crippen LogP contribution in [0.1, 0.15) is 5.76 Å². The van der Waals surface area contributed by atoms with E-state index in [1.807, 2.05) is 24.3 Å². The molecule has 0 aliphatic rings. The molecule has 0 saturated heterocycles. The van der Waals surface area contributed by atoms with Crippen molar-refractivity contribution in [2.24, 2.45) is 0 Å². The van der Waals surface area contributed by atoms with Gasteiger partial charge in [-0.15, -0.1) is 0 Å². The normalized spacial score (nSPS) is 12.3. The van der Waals surface area contributed by atoms with E-state index in [9.17, 15) is 5.11 Å². The third kappa shape index (κ3) is 5.02. The molecule has 102 valence electrons. The minimum absolute atomic E-state index is 0.236. The fraction of sp³-hybridized carbons (Fsp3) is 0.308. The number of aromatic nitrogens is 1. The van der Waals surface area contributed by atoms with Gasteiger partial charge in [-0.1, -0.05) is 27.2 Å². The fourth-order valence-electron chi connectivity index (χ4n) is 1.50. The van der Waals surface area contributed by atoms with Gasteiger partial charge in [0.05, 0.1) is 12.7 Å². The summed E-state index contributed by atoms with van der Waals surface area (Å²) in [5.74, 6) is 1.46. The Hall–Kier alpha value is -1.37. The van der Waals surface area contributed by atoms with Crippen molar-refractivity contribution < 1.29 is 14.4 Å². The maximum Gasteiger partial charge on any atom is 0.150 e. The SMILES string of the molecule is OC(CNCc1ccno1)COc1cccc(Br)c1. The van der Waals surface area contributed by atoms with E-state index in [4.69, 9.17) is 9.26 Å². The van der Waals surface area contributed by atoms with Gasteiger partial charge < -0.3 is 19.7 Å². The highest BCUT2D eigenvalue weighted by molar-refractivity contribution is 9.10. The molecule has 1 unspecified atom stereocenters. The van der Waals surface area contributed by atoms with E-state index in [-0.39, 0.29) is 6.61 Å². The van der Waals surface area contributed by atoms with Crippen molar-refractivity contribution in [2.75, 3.05) is 13.2 Å². The number of benzene rings is 1. The van der Waals surface area contributed by atoms with Gasteiger partial charge in [0.2, 0.25) is 0 Å². The highest BCUT2D eigenvalue weighted by Crippen LogP contribution is 2.17. The molecule has 1 aromatic heterocycles. The molecule has 2 aromatic rings. The molecular weight excluding hydrogens is 312 g/mol. The summed E-state index contributed by atoms with van der Waals surface area (Å²) < 4.78 is 11.4. The number of rotatable bonds is 7. The Kier molecular flexibility index (Phi) is 5.38. The molecular formula is C13H15BrN2O3. The van der Waals surface area contributed by atoms with Crippen LogP contribution >= 0.6 is 15.9 Å². The van der Waals surface area contributed by atoms with Crippen LogP contribution in [0, 0.1) is 0 Å². The third-order valence-electron chi connectivity index (χ3n) is 2.41. The Morgan fingerprint density at radius 3 is 3.05 bits per heavy atom. The second kappa shape index (κ2) is 7.28. The van der Waals surface area contributed by atoms with Crippen molar-refractivity contribution in [3.05, 3.63) is 46.8 Å². The van der Waals surface area contributed by atoms with Crippen LogP contribution in [0.4, 0.5) is 0 Å². The van der Waals surface area contributed by atoms with Crippen LogP contribution in [-0.4, -0.2) is 29.5 Å². The lowest BCUT2D eigenvalue weighted by atomic mass is 10.3. The number of nitrogens with one attached hydrogen (secondary N) is 1. The molecule has 0 saturated carbocycles. The number of aliphatic hydroxyl groups excluding tert-OH is 1. The number of hydrogen-bond donors (Lipinski definition) is 2. The fourth-order valence-corrected chi connectivity index (χ4v) is 1.88. The second-order valence-corrected chi connectivity index (χ2v) is 4.95. The average molecular weight is 327 g/mol. The third-order valence-corrected chi connectivity index (χ3v) is 2.90. The molecule has 0 bridgehead atoms. The van der Waals surface area contributed by atoms with Crippen molar-refractivity contribution in [2.45, 2.75) is 12.6 Å². The zero-order chi connectivity index (χ0) is 13.5. The molecule has 1 atom stereocenters. The summed E-state index contributed by atoms with van der Waals surface area (Å²) in [5, 5.41) is 16.4. The summed E-state index contributed by atoms with van der Waals surface area (Å²) in [6.45, 7) is 1.20. The van der Waals surface area contributed by atoms with Crippen molar-refractivity contribution in [3.63, 3.8) is 0 Å². The molecule has 0 fully saturated rings. The molecule has 2 N–H and O–H groups in total. The predicted molar refractivity (Wildman–Crippen MR) is 73.9 cm³/mol. The van der Waals surface area contributed by atoms with Crippen molar-refractivity contribution in [1.82, 2.24) is 10.5 Å². The lowest BCUT2D eigenvalue weighted by molar-refractivity contribution is 0.105. The summed E-state index contributed by atoms with van der Waals surface area (Å²) in [6, 6.07) is 9.28. The highest BCUT2D eigenvalue weighted by atomic mass is 79.9. The second-order valence-electron chi connectivity index (χ2n) is 4.03. The van der Waals surface area contributed by atoms with Crippen LogP contribution < -0.4 is 10.1 Å². The topological polar surface area (TPSA) is 67.5 Å². The molecule has 0 radical (unpaired) electrons. The first-order valence-electron chi connectivity index (χ1n) is 5.91. The maximum atomic E-state index is 9.76. The van der Waals surface area contributed by atoms with E-state index in [2.05, 4.69) is 26.4 Å². The summed E-state index contributed by atoms with van der Waals surface area (Å²) in [7, 11) is 0. The Morgan fingerprint density at radius 2 is 2.32 bits per heavy atom. The van der Waals surface area contributed by atoms with Crippen LogP contribution in [0.25, 0.3) is 0 Å². The van der Waals surface area contributed by atoms with Crippen molar-refractivity contribution in [1.29, 1.82) is 0 Å². The number of halogens is 1. The van der Waals surface area contributed by atoms with Gasteiger partial charge in [-0.3, -0.25) is 0 Å². The first-order chi connectivity index (χ1) is 9.24. The molecule has 0 spiro atoms. The largest absolute Gasteiger partial charge is 0.491 e. The molecule has 1 aromatic carbocycles. The smallest absolute Gasteiger partial charge is 0.150 e. The van der Waals surface area contributed by atoms with E-state index < -0.39 is 6.10 Å². The molecule has 0 amide bonds. The minimum Gasteiger partial charge on any atom is -0.491 e. The molecule has 1 heterocycles.